The van der Waals surface area contributed by atoms with Crippen LogP contribution in [0.2, 0.25) is 0 Å². The van der Waals surface area contributed by atoms with Gasteiger partial charge in [-0.3, -0.25) is 29.8 Å². The highest BCUT2D eigenvalue weighted by atomic mass is 16.2. The van der Waals surface area contributed by atoms with Crippen molar-refractivity contribution in [3.05, 3.63) is 70.3 Å². The van der Waals surface area contributed by atoms with E-state index >= 15 is 0 Å². The van der Waals surface area contributed by atoms with Crippen LogP contribution < -0.4 is 10.6 Å². The normalized spacial score (nSPS) is 18.0. The average Bonchev–Trinajstić information content (AvgIpc) is 2.89. The quantitative estimate of drug-likeness (QED) is 0.190. The summed E-state index contributed by atoms with van der Waals surface area (Å²) in [6.45, 7) is 0. The van der Waals surface area contributed by atoms with E-state index in [-0.39, 0.29) is 23.6 Å². The second-order valence-electron chi connectivity index (χ2n) is 10.3. The molecule has 8 rings (SSSR count). The van der Waals surface area contributed by atoms with Crippen LogP contribution in [0.5, 0.6) is 0 Å². The van der Waals surface area contributed by atoms with Crippen LogP contribution in [0.3, 0.4) is 0 Å². The fraction of sp³-hybridized carbons (Fsp3) is 0.200. The minimum atomic E-state index is -0.387. The third-order valence-electron chi connectivity index (χ3n) is 8.51. The van der Waals surface area contributed by atoms with Gasteiger partial charge in [-0.25, -0.2) is 0 Å². The fourth-order valence-electron chi connectivity index (χ4n) is 6.99. The number of rotatable bonds is 1. The van der Waals surface area contributed by atoms with E-state index in [1.807, 2.05) is 24.3 Å². The van der Waals surface area contributed by atoms with E-state index in [9.17, 15) is 19.2 Å². The molecule has 5 aromatic carbocycles. The number of hydrogen-bond donors (Lipinski definition) is 2. The highest BCUT2D eigenvalue weighted by Crippen LogP contribution is 2.49. The van der Waals surface area contributed by atoms with Gasteiger partial charge in [0.2, 0.25) is 0 Å². The first-order valence-electron chi connectivity index (χ1n) is 12.5. The molecule has 3 aliphatic rings. The van der Waals surface area contributed by atoms with E-state index in [4.69, 9.17) is 0 Å². The van der Waals surface area contributed by atoms with Gasteiger partial charge < -0.3 is 0 Å². The van der Waals surface area contributed by atoms with Crippen LogP contribution in [0, 0.1) is 0 Å². The molecule has 1 saturated carbocycles. The summed E-state index contributed by atoms with van der Waals surface area (Å²) in [4.78, 5) is 51.4. The van der Waals surface area contributed by atoms with Gasteiger partial charge in [-0.05, 0) is 80.9 Å². The van der Waals surface area contributed by atoms with E-state index in [1.54, 1.807) is 18.2 Å². The minimum absolute atomic E-state index is 0.300. The average molecular weight is 473 g/mol. The highest BCUT2D eigenvalue weighted by Gasteiger charge is 2.33. The maximum Gasteiger partial charge on any atom is 0.258 e. The van der Waals surface area contributed by atoms with Crippen LogP contribution in [0.4, 0.5) is 0 Å². The van der Waals surface area contributed by atoms with Crippen LogP contribution in [-0.4, -0.2) is 23.6 Å². The van der Waals surface area contributed by atoms with Gasteiger partial charge in [0.05, 0.1) is 0 Å². The van der Waals surface area contributed by atoms with Gasteiger partial charge in [0.15, 0.2) is 0 Å². The lowest BCUT2D eigenvalue weighted by Crippen LogP contribution is -2.35. The first-order valence-corrected chi connectivity index (χ1v) is 12.5. The van der Waals surface area contributed by atoms with Crippen molar-refractivity contribution in [2.45, 2.75) is 38.0 Å². The first-order chi connectivity index (χ1) is 17.5. The maximum absolute atomic E-state index is 13.1. The van der Waals surface area contributed by atoms with Crippen LogP contribution in [0.15, 0.2) is 42.5 Å². The lowest BCUT2D eigenvalue weighted by atomic mass is 9.76. The summed E-state index contributed by atoms with van der Waals surface area (Å²) >= 11 is 0. The molecule has 0 bridgehead atoms. The van der Waals surface area contributed by atoms with Crippen LogP contribution in [0.1, 0.15) is 85.0 Å². The molecule has 1 fully saturated rings. The van der Waals surface area contributed by atoms with Gasteiger partial charge in [-0.2, -0.15) is 0 Å². The van der Waals surface area contributed by atoms with Gasteiger partial charge in [0.25, 0.3) is 23.6 Å². The largest absolute Gasteiger partial charge is 0.288 e. The van der Waals surface area contributed by atoms with Crippen LogP contribution in [0.25, 0.3) is 43.1 Å². The number of carbonyl (C=O) groups excluding carboxylic acids is 4. The minimum Gasteiger partial charge on any atom is -0.288 e. The summed E-state index contributed by atoms with van der Waals surface area (Å²) in [7, 11) is 0. The molecule has 6 heteroatoms. The maximum atomic E-state index is 13.1. The van der Waals surface area contributed by atoms with Crippen molar-refractivity contribution in [2.24, 2.45) is 0 Å². The molecule has 5 aromatic rings. The predicted octanol–water partition coefficient (Wildman–Crippen LogP) is 5.55. The molecule has 6 nitrogen and oxygen atoms in total. The number of benzene rings is 5. The Bertz CT molecular complexity index is 1870. The summed E-state index contributed by atoms with van der Waals surface area (Å²) in [6.07, 6.45) is 5.57. The molecule has 0 spiro atoms. The zero-order valence-electron chi connectivity index (χ0n) is 19.3. The summed E-state index contributed by atoms with van der Waals surface area (Å²) in [6, 6.07) is 13.2. The summed E-state index contributed by atoms with van der Waals surface area (Å²) < 4.78 is 0. The van der Waals surface area contributed by atoms with E-state index in [2.05, 4.69) is 10.6 Å². The molecule has 2 heterocycles. The number of carbonyl (C=O) groups is 4. The molecular weight excluding hydrogens is 452 g/mol. The van der Waals surface area contributed by atoms with E-state index in [0.717, 1.165) is 63.6 Å². The van der Waals surface area contributed by atoms with Gasteiger partial charge in [-0.1, -0.05) is 37.5 Å². The first kappa shape index (κ1) is 19.9. The Kier molecular flexibility index (Phi) is 3.69. The second-order valence-corrected chi connectivity index (χ2v) is 10.3. The Labute approximate surface area is 205 Å². The topological polar surface area (TPSA) is 92.3 Å². The molecular formula is C30H20N2O4. The molecule has 4 amide bonds. The Morgan fingerprint density at radius 1 is 0.500 bits per heavy atom. The van der Waals surface area contributed by atoms with Crippen molar-refractivity contribution in [3.8, 4) is 0 Å². The van der Waals surface area contributed by atoms with Crippen molar-refractivity contribution in [3.63, 3.8) is 0 Å². The fourth-order valence-corrected chi connectivity index (χ4v) is 6.99. The van der Waals surface area contributed by atoms with Crippen molar-refractivity contribution >= 4 is 66.7 Å². The molecule has 0 atom stereocenters. The van der Waals surface area contributed by atoms with E-state index < -0.39 is 0 Å². The van der Waals surface area contributed by atoms with Gasteiger partial charge in [0.1, 0.15) is 0 Å². The van der Waals surface area contributed by atoms with Crippen molar-refractivity contribution in [1.82, 2.24) is 10.6 Å². The van der Waals surface area contributed by atoms with Crippen LogP contribution >= 0.6 is 0 Å². The number of fused-ring (bicyclic) bond motifs is 2. The monoisotopic (exact) mass is 472 g/mol. The molecule has 1 aliphatic carbocycles. The third kappa shape index (κ3) is 2.32. The molecule has 2 aliphatic heterocycles. The lowest BCUT2D eigenvalue weighted by Gasteiger charge is -2.29. The van der Waals surface area contributed by atoms with E-state index in [0.29, 0.717) is 38.9 Å². The predicted molar refractivity (Wildman–Crippen MR) is 137 cm³/mol. The Hall–Kier alpha value is -4.32. The Morgan fingerprint density at radius 2 is 1.00 bits per heavy atom. The zero-order chi connectivity index (χ0) is 24.3. The standard InChI is InChI=1S/C30H20N2O4/c33-27-17-9-6-14-15-7-10-19-25-21(30(36)32-29(19)35)12-20(13-4-2-1-3-5-13)23(26(15)25)16-8-11-18(28(34)31-27)24(17)22(14)16/h6-13H,1-5H2,(H,31,33,34)(H,32,35,36). The number of amides is 4. The zero-order valence-corrected chi connectivity index (χ0v) is 19.3. The second kappa shape index (κ2) is 6.66. The molecule has 174 valence electrons. The molecule has 2 N–H and O–H groups in total. The lowest BCUT2D eigenvalue weighted by molar-refractivity contribution is 0.0828. The number of imide groups is 2. The summed E-state index contributed by atoms with van der Waals surface area (Å²) in [5.74, 6) is -1.21. The summed E-state index contributed by atoms with van der Waals surface area (Å²) in [5.41, 5.74) is 3.16. The Balaban J connectivity index is 1.67. The Morgan fingerprint density at radius 3 is 1.61 bits per heavy atom. The number of nitrogens with one attached hydrogen (secondary N) is 2. The molecule has 0 unspecified atom stereocenters. The number of hydrogen-bond acceptors (Lipinski definition) is 4. The molecule has 0 radical (unpaired) electrons. The smallest absolute Gasteiger partial charge is 0.258 e. The van der Waals surface area contributed by atoms with Crippen molar-refractivity contribution in [2.75, 3.05) is 0 Å². The molecule has 0 aromatic heterocycles. The highest BCUT2D eigenvalue weighted by molar-refractivity contribution is 6.41. The van der Waals surface area contributed by atoms with Gasteiger partial charge in [-0.15, -0.1) is 0 Å². The van der Waals surface area contributed by atoms with Crippen LogP contribution in [-0.2, 0) is 0 Å². The van der Waals surface area contributed by atoms with Crippen molar-refractivity contribution in [1.29, 1.82) is 0 Å². The van der Waals surface area contributed by atoms with Gasteiger partial charge >= 0.3 is 0 Å². The summed E-state index contributed by atoms with van der Waals surface area (Å²) in [5, 5.41) is 12.0. The molecule has 0 saturated heterocycles. The third-order valence-corrected chi connectivity index (χ3v) is 8.51. The van der Waals surface area contributed by atoms with Crippen molar-refractivity contribution < 1.29 is 19.2 Å². The SMILES string of the molecule is O=C1NC(=O)c2ccc3c4c(C5CCCCC5)cc5c6c(ccc(c7ccc1c2c73)c64)C(=O)NC5=O. The van der Waals surface area contributed by atoms with Gasteiger partial charge in [0, 0.05) is 33.0 Å². The van der Waals surface area contributed by atoms with E-state index in [1.165, 1.54) is 6.42 Å². The molecule has 36 heavy (non-hydrogen) atoms.